The second kappa shape index (κ2) is 6.20. The van der Waals surface area contributed by atoms with Crippen LogP contribution in [-0.4, -0.2) is 12.6 Å². The number of fused-ring (bicyclic) bond motifs is 1. The van der Waals surface area contributed by atoms with Crippen molar-refractivity contribution in [1.82, 2.24) is 0 Å². The van der Waals surface area contributed by atoms with Gasteiger partial charge in [0.2, 0.25) is 0 Å². The highest BCUT2D eigenvalue weighted by Gasteiger charge is 2.26. The normalized spacial score (nSPS) is 15.1. The van der Waals surface area contributed by atoms with Crippen LogP contribution >= 0.6 is 11.6 Å². The van der Waals surface area contributed by atoms with Crippen molar-refractivity contribution in [3.05, 3.63) is 77.4 Å². The number of ether oxygens (including phenoxy) is 1. The lowest BCUT2D eigenvalue weighted by molar-refractivity contribution is -0.137. The summed E-state index contributed by atoms with van der Waals surface area (Å²) in [6.07, 6.45) is 1.53. The third-order valence-electron chi connectivity index (χ3n) is 3.55. The van der Waals surface area contributed by atoms with Gasteiger partial charge in [0.25, 0.3) is 0 Å². The largest absolute Gasteiger partial charge is 0.463 e. The predicted octanol–water partition coefficient (Wildman–Crippen LogP) is 4.75. The predicted molar refractivity (Wildman–Crippen MR) is 90.2 cm³/mol. The van der Waals surface area contributed by atoms with Gasteiger partial charge in [-0.1, -0.05) is 66.2 Å². The Morgan fingerprint density at radius 2 is 1.68 bits per heavy atom. The van der Waals surface area contributed by atoms with Crippen LogP contribution in [0, 0.1) is 0 Å². The van der Waals surface area contributed by atoms with Gasteiger partial charge < -0.3 is 4.74 Å². The number of hydrogen-bond acceptors (Lipinski definition) is 2. The molecular weight excluding hydrogens is 296 g/mol. The van der Waals surface area contributed by atoms with E-state index in [0.29, 0.717) is 11.6 Å². The van der Waals surface area contributed by atoms with Crippen molar-refractivity contribution in [3.63, 3.8) is 0 Å². The van der Waals surface area contributed by atoms with Crippen LogP contribution in [0.15, 0.2) is 60.7 Å². The third-order valence-corrected chi connectivity index (χ3v) is 3.95. The second-order valence-electron chi connectivity index (χ2n) is 4.91. The number of allylic oxidation sites excluding steroid dienone is 2. The van der Waals surface area contributed by atoms with Gasteiger partial charge in [-0.15, -0.1) is 0 Å². The number of benzene rings is 2. The highest BCUT2D eigenvalue weighted by Crippen LogP contribution is 2.47. The molecule has 1 aliphatic rings. The number of carbonyl (C=O) groups is 1. The van der Waals surface area contributed by atoms with E-state index >= 15 is 0 Å². The van der Waals surface area contributed by atoms with Crippen molar-refractivity contribution < 1.29 is 9.53 Å². The van der Waals surface area contributed by atoms with Gasteiger partial charge in [0, 0.05) is 17.2 Å². The first-order valence-electron chi connectivity index (χ1n) is 7.16. The van der Waals surface area contributed by atoms with Crippen molar-refractivity contribution >= 4 is 33.7 Å². The van der Waals surface area contributed by atoms with Crippen molar-refractivity contribution in [1.29, 1.82) is 0 Å². The van der Waals surface area contributed by atoms with Crippen LogP contribution in [0.3, 0.4) is 0 Å². The SMILES string of the molecule is CCOC(=O)/C=C1/C(c2ccccc2)=C(Cl)c2ccccc21. The molecule has 3 heteroatoms. The lowest BCUT2D eigenvalue weighted by Crippen LogP contribution is -2.01. The number of carbonyl (C=O) groups excluding carboxylic acids is 1. The summed E-state index contributed by atoms with van der Waals surface area (Å²) in [5.41, 5.74) is 4.57. The van der Waals surface area contributed by atoms with Crippen LogP contribution in [0.25, 0.3) is 16.2 Å². The lowest BCUT2D eigenvalue weighted by Gasteiger charge is -2.08. The molecule has 2 nitrogen and oxygen atoms in total. The fourth-order valence-corrected chi connectivity index (χ4v) is 3.01. The smallest absolute Gasteiger partial charge is 0.331 e. The van der Waals surface area contributed by atoms with E-state index in [1.54, 1.807) is 6.92 Å². The molecule has 0 amide bonds. The van der Waals surface area contributed by atoms with Gasteiger partial charge in [0.15, 0.2) is 0 Å². The number of hydrogen-bond donors (Lipinski definition) is 0. The molecule has 0 spiro atoms. The Kier molecular flexibility index (Phi) is 4.12. The van der Waals surface area contributed by atoms with Crippen LogP contribution < -0.4 is 0 Å². The van der Waals surface area contributed by atoms with Gasteiger partial charge >= 0.3 is 5.97 Å². The molecule has 3 rings (SSSR count). The maximum atomic E-state index is 11.9. The van der Waals surface area contributed by atoms with Crippen LogP contribution in [0.5, 0.6) is 0 Å². The second-order valence-corrected chi connectivity index (χ2v) is 5.29. The Morgan fingerprint density at radius 3 is 2.36 bits per heavy atom. The van der Waals surface area contributed by atoms with E-state index in [9.17, 15) is 4.79 Å². The summed E-state index contributed by atoms with van der Waals surface area (Å²) >= 11 is 6.59. The Labute approximate surface area is 134 Å². The molecule has 0 atom stereocenters. The highest BCUT2D eigenvalue weighted by molar-refractivity contribution is 6.57. The molecule has 0 aromatic heterocycles. The summed E-state index contributed by atoms with van der Waals surface area (Å²) in [7, 11) is 0. The molecule has 1 aliphatic carbocycles. The molecule has 0 N–H and O–H groups in total. The summed E-state index contributed by atoms with van der Waals surface area (Å²) in [6.45, 7) is 2.14. The average molecular weight is 311 g/mol. The Hall–Kier alpha value is -2.32. The monoisotopic (exact) mass is 310 g/mol. The van der Waals surface area contributed by atoms with Crippen LogP contribution in [-0.2, 0) is 9.53 Å². The summed E-state index contributed by atoms with van der Waals surface area (Å²) in [6, 6.07) is 17.7. The van der Waals surface area contributed by atoms with E-state index in [0.717, 1.165) is 27.8 Å². The lowest BCUT2D eigenvalue weighted by atomic mass is 9.97. The molecular formula is C19H15ClO2. The summed E-state index contributed by atoms with van der Waals surface area (Å²) in [5, 5.41) is 0.664. The van der Waals surface area contributed by atoms with Gasteiger partial charge in [0.05, 0.1) is 11.6 Å². The van der Waals surface area contributed by atoms with E-state index < -0.39 is 0 Å². The molecule has 0 radical (unpaired) electrons. The standard InChI is InChI=1S/C19H15ClO2/c1-2-22-17(21)12-16-14-10-6-7-11-15(14)19(20)18(16)13-8-4-3-5-9-13/h3-12H,2H2,1H3/b16-12+. The molecule has 0 unspecified atom stereocenters. The first-order chi connectivity index (χ1) is 10.7. The van der Waals surface area contributed by atoms with Crippen molar-refractivity contribution in [2.45, 2.75) is 6.92 Å². The minimum atomic E-state index is -0.355. The first-order valence-corrected chi connectivity index (χ1v) is 7.54. The summed E-state index contributed by atoms with van der Waals surface area (Å²) in [4.78, 5) is 11.9. The number of esters is 1. The van der Waals surface area contributed by atoms with E-state index in [4.69, 9.17) is 16.3 Å². The first kappa shape index (κ1) is 14.6. The zero-order chi connectivity index (χ0) is 15.5. The minimum absolute atomic E-state index is 0.350. The Balaban J connectivity index is 2.18. The average Bonchev–Trinajstić information content (AvgIpc) is 2.81. The fraction of sp³-hybridized carbons (Fsp3) is 0.105. The van der Waals surface area contributed by atoms with Crippen LogP contribution in [0.1, 0.15) is 23.6 Å². The van der Waals surface area contributed by atoms with Gasteiger partial charge in [-0.05, 0) is 23.6 Å². The van der Waals surface area contributed by atoms with Crippen molar-refractivity contribution in [3.8, 4) is 0 Å². The van der Waals surface area contributed by atoms with E-state index in [1.165, 1.54) is 6.08 Å². The van der Waals surface area contributed by atoms with Gasteiger partial charge in [0.1, 0.15) is 0 Å². The molecule has 110 valence electrons. The molecule has 0 heterocycles. The Morgan fingerprint density at radius 1 is 1.05 bits per heavy atom. The summed E-state index contributed by atoms with van der Waals surface area (Å²) < 4.78 is 5.06. The molecule has 0 bridgehead atoms. The molecule has 0 saturated carbocycles. The number of halogens is 1. The molecule has 22 heavy (non-hydrogen) atoms. The van der Waals surface area contributed by atoms with Crippen molar-refractivity contribution in [2.24, 2.45) is 0 Å². The molecule has 0 fully saturated rings. The maximum absolute atomic E-state index is 11.9. The molecule has 2 aromatic carbocycles. The van der Waals surface area contributed by atoms with E-state index in [1.807, 2.05) is 54.6 Å². The highest BCUT2D eigenvalue weighted by atomic mass is 35.5. The van der Waals surface area contributed by atoms with Crippen LogP contribution in [0.4, 0.5) is 0 Å². The quantitative estimate of drug-likeness (QED) is 0.604. The topological polar surface area (TPSA) is 26.3 Å². The van der Waals surface area contributed by atoms with Crippen LogP contribution in [0.2, 0.25) is 0 Å². The van der Waals surface area contributed by atoms with Crippen molar-refractivity contribution in [2.75, 3.05) is 6.61 Å². The maximum Gasteiger partial charge on any atom is 0.331 e. The summed E-state index contributed by atoms with van der Waals surface area (Å²) in [5.74, 6) is -0.355. The zero-order valence-electron chi connectivity index (χ0n) is 12.2. The third kappa shape index (κ3) is 2.58. The van der Waals surface area contributed by atoms with E-state index in [-0.39, 0.29) is 5.97 Å². The fourth-order valence-electron chi connectivity index (χ4n) is 2.64. The molecule has 2 aromatic rings. The molecule has 0 aliphatic heterocycles. The zero-order valence-corrected chi connectivity index (χ0v) is 12.9. The van der Waals surface area contributed by atoms with Gasteiger partial charge in [-0.3, -0.25) is 0 Å². The van der Waals surface area contributed by atoms with Gasteiger partial charge in [-0.2, -0.15) is 0 Å². The van der Waals surface area contributed by atoms with Gasteiger partial charge in [-0.25, -0.2) is 4.79 Å². The van der Waals surface area contributed by atoms with E-state index in [2.05, 4.69) is 0 Å². The number of rotatable bonds is 3. The minimum Gasteiger partial charge on any atom is -0.463 e. The Bertz CT molecular complexity index is 773. The molecule has 0 saturated heterocycles.